The van der Waals surface area contributed by atoms with Gasteiger partial charge < -0.3 is 9.84 Å². The number of hydrogen-bond acceptors (Lipinski definition) is 3. The van der Waals surface area contributed by atoms with Gasteiger partial charge in [-0.25, -0.2) is 0 Å². The Morgan fingerprint density at radius 2 is 1.93 bits per heavy atom. The molecule has 3 rings (SSSR count). The van der Waals surface area contributed by atoms with Gasteiger partial charge in [-0.15, -0.1) is 0 Å². The molecule has 0 aromatic heterocycles. The van der Waals surface area contributed by atoms with Gasteiger partial charge >= 0.3 is 5.97 Å². The van der Waals surface area contributed by atoms with Crippen LogP contribution in [0.25, 0.3) is 0 Å². The van der Waals surface area contributed by atoms with E-state index < -0.39 is 11.4 Å². The number of aliphatic carboxylic acids is 1. The lowest BCUT2D eigenvalue weighted by molar-refractivity contribution is -0.137. The molecule has 2 aliphatic carbocycles. The molecular formula is C20H19Cl3O4. The first-order valence-electron chi connectivity index (χ1n) is 8.72. The molecule has 0 saturated carbocycles. The van der Waals surface area contributed by atoms with Crippen LogP contribution in [0, 0.1) is 5.41 Å². The SMILES string of the molecule is CC1(C2=CCCC=C2Cl)Cc2cc(OCCCC(=O)O)c(Cl)c(Cl)c2C1=O. The maximum atomic E-state index is 13.2. The highest BCUT2D eigenvalue weighted by Gasteiger charge is 2.47. The molecule has 7 heteroatoms. The van der Waals surface area contributed by atoms with Gasteiger partial charge in [-0.1, -0.05) is 47.0 Å². The Morgan fingerprint density at radius 3 is 2.59 bits per heavy atom. The highest BCUT2D eigenvalue weighted by atomic mass is 35.5. The van der Waals surface area contributed by atoms with Crippen LogP contribution >= 0.6 is 34.8 Å². The summed E-state index contributed by atoms with van der Waals surface area (Å²) in [4.78, 5) is 23.8. The molecule has 1 N–H and O–H groups in total. The van der Waals surface area contributed by atoms with Crippen molar-refractivity contribution in [3.63, 3.8) is 0 Å². The lowest BCUT2D eigenvalue weighted by atomic mass is 9.76. The number of carbonyl (C=O) groups excluding carboxylic acids is 1. The number of benzene rings is 1. The zero-order valence-corrected chi connectivity index (χ0v) is 17.0. The molecule has 1 atom stereocenters. The van der Waals surface area contributed by atoms with Gasteiger partial charge in [0.2, 0.25) is 0 Å². The van der Waals surface area contributed by atoms with E-state index in [0.717, 1.165) is 24.0 Å². The Hall–Kier alpha value is -1.49. The van der Waals surface area contributed by atoms with Gasteiger partial charge in [-0.05, 0) is 49.8 Å². The predicted molar refractivity (Wildman–Crippen MR) is 106 cm³/mol. The quantitative estimate of drug-likeness (QED) is 0.578. The van der Waals surface area contributed by atoms with E-state index >= 15 is 0 Å². The van der Waals surface area contributed by atoms with Crippen LogP contribution in [0.2, 0.25) is 10.0 Å². The Balaban J connectivity index is 1.90. The first kappa shape index (κ1) is 20.2. The molecule has 0 amide bonds. The van der Waals surface area contributed by atoms with Gasteiger partial charge in [-0.3, -0.25) is 9.59 Å². The lowest BCUT2D eigenvalue weighted by Crippen LogP contribution is -2.27. The van der Waals surface area contributed by atoms with E-state index in [1.54, 1.807) is 6.07 Å². The van der Waals surface area contributed by atoms with Crippen LogP contribution in [-0.4, -0.2) is 23.5 Å². The number of carboxylic acid groups (broad SMARTS) is 1. The molecule has 144 valence electrons. The van der Waals surface area contributed by atoms with Gasteiger partial charge in [0.05, 0.1) is 17.0 Å². The number of hydrogen-bond donors (Lipinski definition) is 1. The largest absolute Gasteiger partial charge is 0.492 e. The third kappa shape index (κ3) is 3.75. The summed E-state index contributed by atoms with van der Waals surface area (Å²) < 4.78 is 5.62. The van der Waals surface area contributed by atoms with Gasteiger partial charge in [0.15, 0.2) is 5.78 Å². The number of halogens is 3. The van der Waals surface area contributed by atoms with Crippen LogP contribution in [-0.2, 0) is 11.2 Å². The zero-order chi connectivity index (χ0) is 19.8. The van der Waals surface area contributed by atoms with Crippen LogP contribution in [0.1, 0.15) is 48.5 Å². The summed E-state index contributed by atoms with van der Waals surface area (Å²) in [6, 6.07) is 1.73. The highest BCUT2D eigenvalue weighted by molar-refractivity contribution is 6.45. The summed E-state index contributed by atoms with van der Waals surface area (Å²) >= 11 is 19.1. The predicted octanol–water partition coefficient (Wildman–Crippen LogP) is 5.83. The molecule has 0 aliphatic heterocycles. The first-order chi connectivity index (χ1) is 12.8. The Kier molecular flexibility index (Phi) is 5.90. The molecule has 0 fully saturated rings. The molecular weight excluding hydrogens is 411 g/mol. The molecule has 0 radical (unpaired) electrons. The van der Waals surface area contributed by atoms with E-state index in [4.69, 9.17) is 44.6 Å². The fourth-order valence-corrected chi connectivity index (χ4v) is 4.54. The molecule has 0 spiro atoms. The summed E-state index contributed by atoms with van der Waals surface area (Å²) in [5.74, 6) is -0.618. The van der Waals surface area contributed by atoms with Gasteiger partial charge in [-0.2, -0.15) is 0 Å². The van der Waals surface area contributed by atoms with E-state index in [1.807, 2.05) is 19.1 Å². The van der Waals surface area contributed by atoms with Crippen molar-refractivity contribution in [2.24, 2.45) is 5.41 Å². The number of ketones is 1. The van der Waals surface area contributed by atoms with Crippen LogP contribution in [0.3, 0.4) is 0 Å². The topological polar surface area (TPSA) is 63.6 Å². The second-order valence-corrected chi connectivity index (χ2v) is 8.13. The van der Waals surface area contributed by atoms with Crippen LogP contribution in [0.5, 0.6) is 5.75 Å². The Labute approximate surface area is 172 Å². The minimum atomic E-state index is -0.885. The molecule has 0 heterocycles. The van der Waals surface area contributed by atoms with Crippen LogP contribution in [0.4, 0.5) is 0 Å². The number of fused-ring (bicyclic) bond motifs is 1. The lowest BCUT2D eigenvalue weighted by Gasteiger charge is -2.27. The van der Waals surface area contributed by atoms with Crippen molar-refractivity contribution < 1.29 is 19.4 Å². The van der Waals surface area contributed by atoms with Crippen molar-refractivity contribution >= 4 is 46.6 Å². The summed E-state index contributed by atoms with van der Waals surface area (Å²) in [5.41, 5.74) is 1.22. The van der Waals surface area contributed by atoms with Crippen molar-refractivity contribution in [3.05, 3.63) is 50.0 Å². The average Bonchev–Trinajstić information content (AvgIpc) is 2.87. The molecule has 1 aromatic carbocycles. The van der Waals surface area contributed by atoms with E-state index in [1.165, 1.54) is 0 Å². The summed E-state index contributed by atoms with van der Waals surface area (Å²) in [5, 5.41) is 9.66. The molecule has 1 aromatic rings. The normalized spacial score (nSPS) is 21.6. The van der Waals surface area contributed by atoms with Gasteiger partial charge in [0.1, 0.15) is 10.8 Å². The first-order valence-corrected chi connectivity index (χ1v) is 9.86. The fourth-order valence-electron chi connectivity index (χ4n) is 3.64. The molecule has 4 nitrogen and oxygen atoms in total. The maximum absolute atomic E-state index is 13.2. The second-order valence-electron chi connectivity index (χ2n) is 6.97. The average molecular weight is 430 g/mol. The van der Waals surface area contributed by atoms with Crippen LogP contribution < -0.4 is 4.74 Å². The molecule has 27 heavy (non-hydrogen) atoms. The number of carboxylic acids is 1. The maximum Gasteiger partial charge on any atom is 0.303 e. The zero-order valence-electron chi connectivity index (χ0n) is 14.8. The van der Waals surface area contributed by atoms with E-state index in [0.29, 0.717) is 29.2 Å². The number of allylic oxidation sites excluding steroid dienone is 4. The van der Waals surface area contributed by atoms with Crippen molar-refractivity contribution in [1.29, 1.82) is 0 Å². The van der Waals surface area contributed by atoms with Crippen molar-refractivity contribution in [1.82, 2.24) is 0 Å². The van der Waals surface area contributed by atoms with Crippen molar-refractivity contribution in [2.75, 3.05) is 6.61 Å². The number of Topliss-reactive ketones (excluding diaryl/α,β-unsaturated/α-hetero) is 1. The van der Waals surface area contributed by atoms with Crippen molar-refractivity contribution in [2.45, 2.75) is 39.0 Å². The molecule has 0 saturated heterocycles. The van der Waals surface area contributed by atoms with Crippen molar-refractivity contribution in [3.8, 4) is 5.75 Å². The van der Waals surface area contributed by atoms with E-state index in [9.17, 15) is 9.59 Å². The third-order valence-electron chi connectivity index (χ3n) is 5.01. The highest BCUT2D eigenvalue weighted by Crippen LogP contribution is 2.51. The number of carbonyl (C=O) groups is 2. The summed E-state index contributed by atoms with van der Waals surface area (Å²) in [6.45, 7) is 2.08. The summed E-state index contributed by atoms with van der Waals surface area (Å²) in [6.07, 6.45) is 6.47. The number of rotatable bonds is 6. The van der Waals surface area contributed by atoms with E-state index in [-0.39, 0.29) is 28.9 Å². The molecule has 0 bridgehead atoms. The summed E-state index contributed by atoms with van der Waals surface area (Å²) in [7, 11) is 0. The minimum absolute atomic E-state index is 0.00579. The Morgan fingerprint density at radius 1 is 1.22 bits per heavy atom. The third-order valence-corrected chi connectivity index (χ3v) is 6.22. The minimum Gasteiger partial charge on any atom is -0.492 e. The second kappa shape index (κ2) is 7.86. The van der Waals surface area contributed by atoms with Gasteiger partial charge in [0, 0.05) is 17.0 Å². The van der Waals surface area contributed by atoms with E-state index in [2.05, 4.69) is 0 Å². The Bertz CT molecular complexity index is 872. The number of ether oxygens (including phenoxy) is 1. The molecule has 1 unspecified atom stereocenters. The molecule has 2 aliphatic rings. The standard InChI is InChI=1S/C20H19Cl3O4/c1-20(12-5-2-3-6-13(12)21)10-11-9-14(27-8-4-7-15(24)25)17(22)18(23)16(11)19(20)26/h5-6,9H,2-4,7-8,10H2,1H3,(H,24,25). The smallest absolute Gasteiger partial charge is 0.303 e. The fraction of sp³-hybridized carbons (Fsp3) is 0.400. The van der Waals surface area contributed by atoms with Gasteiger partial charge in [0.25, 0.3) is 0 Å². The monoisotopic (exact) mass is 428 g/mol. The van der Waals surface area contributed by atoms with Crippen LogP contribution in [0.15, 0.2) is 28.8 Å².